The third-order valence-corrected chi connectivity index (χ3v) is 4.87. The molecule has 182 valence electrons. The van der Waals surface area contributed by atoms with Crippen LogP contribution in [0.2, 0.25) is 0 Å². The molecular formula is C25H27F2NO6. The maximum Gasteiger partial charge on any atom is 0.411 e. The lowest BCUT2D eigenvalue weighted by Gasteiger charge is -2.27. The third-order valence-electron chi connectivity index (χ3n) is 4.87. The minimum Gasteiger partial charge on any atom is -0.485 e. The van der Waals surface area contributed by atoms with Crippen LogP contribution in [-0.4, -0.2) is 48.9 Å². The van der Waals surface area contributed by atoms with Crippen LogP contribution in [0.5, 0.6) is 11.5 Å². The van der Waals surface area contributed by atoms with Crippen molar-refractivity contribution < 1.29 is 37.3 Å². The number of benzene rings is 2. The molecule has 1 atom stereocenters. The molecule has 0 saturated heterocycles. The van der Waals surface area contributed by atoms with Crippen LogP contribution in [0.4, 0.5) is 13.6 Å². The molecule has 1 unspecified atom stereocenters. The number of carbonyl (C=O) groups is 2. The number of esters is 1. The Morgan fingerprint density at radius 1 is 1.09 bits per heavy atom. The van der Waals surface area contributed by atoms with Crippen LogP contribution in [0.25, 0.3) is 5.57 Å². The molecule has 0 N–H and O–H groups in total. The highest BCUT2D eigenvalue weighted by atomic mass is 19.3. The van der Waals surface area contributed by atoms with Crippen molar-refractivity contribution in [3.63, 3.8) is 0 Å². The monoisotopic (exact) mass is 475 g/mol. The summed E-state index contributed by atoms with van der Waals surface area (Å²) < 4.78 is 46.5. The SMILES string of the molecule is COC(=O)C1C=C(c2ccc(OC(F)F)c(OCc3ccccc3)c2)CN1C(=O)OC(C)(C)C. The van der Waals surface area contributed by atoms with Gasteiger partial charge in [-0.15, -0.1) is 0 Å². The first kappa shape index (κ1) is 25.0. The van der Waals surface area contributed by atoms with E-state index in [-0.39, 0.29) is 24.7 Å². The lowest BCUT2D eigenvalue weighted by Crippen LogP contribution is -2.44. The van der Waals surface area contributed by atoms with E-state index in [2.05, 4.69) is 4.74 Å². The van der Waals surface area contributed by atoms with Crippen LogP contribution >= 0.6 is 0 Å². The Balaban J connectivity index is 1.89. The van der Waals surface area contributed by atoms with Gasteiger partial charge in [-0.25, -0.2) is 9.59 Å². The van der Waals surface area contributed by atoms with Gasteiger partial charge in [-0.2, -0.15) is 8.78 Å². The Kier molecular flexibility index (Phi) is 7.75. The molecule has 3 rings (SSSR count). The molecule has 2 aromatic carbocycles. The minimum absolute atomic E-state index is 0.0574. The highest BCUT2D eigenvalue weighted by Crippen LogP contribution is 2.35. The van der Waals surface area contributed by atoms with Gasteiger partial charge in [0.25, 0.3) is 0 Å². The predicted molar refractivity (Wildman–Crippen MR) is 121 cm³/mol. The smallest absolute Gasteiger partial charge is 0.411 e. The van der Waals surface area contributed by atoms with E-state index in [1.165, 1.54) is 18.1 Å². The average molecular weight is 475 g/mol. The van der Waals surface area contributed by atoms with Gasteiger partial charge in [0.15, 0.2) is 17.5 Å². The first-order valence-corrected chi connectivity index (χ1v) is 10.6. The molecule has 1 aliphatic rings. The number of halogens is 2. The van der Waals surface area contributed by atoms with E-state index in [1.54, 1.807) is 39.0 Å². The van der Waals surface area contributed by atoms with Crippen molar-refractivity contribution in [1.82, 2.24) is 4.90 Å². The summed E-state index contributed by atoms with van der Waals surface area (Å²) in [5.41, 5.74) is 1.27. The molecule has 0 aliphatic carbocycles. The van der Waals surface area contributed by atoms with Gasteiger partial charge in [0.2, 0.25) is 0 Å². The fourth-order valence-electron chi connectivity index (χ4n) is 3.37. The molecule has 0 saturated carbocycles. The number of amides is 1. The Labute approximate surface area is 196 Å². The maximum absolute atomic E-state index is 12.9. The van der Waals surface area contributed by atoms with Crippen molar-refractivity contribution in [1.29, 1.82) is 0 Å². The first-order valence-electron chi connectivity index (χ1n) is 10.6. The van der Waals surface area contributed by atoms with Crippen LogP contribution in [0, 0.1) is 0 Å². The molecule has 34 heavy (non-hydrogen) atoms. The Bertz CT molecular complexity index is 1050. The fraction of sp³-hybridized carbons (Fsp3) is 0.360. The van der Waals surface area contributed by atoms with Crippen molar-refractivity contribution in [3.05, 3.63) is 65.7 Å². The van der Waals surface area contributed by atoms with E-state index < -0.39 is 30.3 Å². The standard InChI is InChI=1S/C25H27F2NO6/c1-25(2,3)34-24(30)28-14-18(12-19(28)22(29)31-4)17-10-11-20(33-23(26)27)21(13-17)32-15-16-8-6-5-7-9-16/h5-13,19,23H,14-15H2,1-4H3. The van der Waals surface area contributed by atoms with Gasteiger partial charge in [-0.05, 0) is 55.7 Å². The molecule has 0 bridgehead atoms. The molecule has 0 aromatic heterocycles. The van der Waals surface area contributed by atoms with Crippen molar-refractivity contribution in [2.75, 3.05) is 13.7 Å². The molecule has 1 amide bonds. The molecule has 0 radical (unpaired) electrons. The normalized spacial score (nSPS) is 15.7. The van der Waals surface area contributed by atoms with E-state index in [0.717, 1.165) is 5.56 Å². The van der Waals surface area contributed by atoms with Gasteiger partial charge in [0.1, 0.15) is 12.2 Å². The summed E-state index contributed by atoms with van der Waals surface area (Å²) in [6, 6.07) is 12.7. The predicted octanol–water partition coefficient (Wildman–Crippen LogP) is 5.04. The number of alkyl halides is 2. The van der Waals surface area contributed by atoms with Crippen molar-refractivity contribution in [2.45, 2.75) is 45.6 Å². The molecule has 1 heterocycles. The molecular weight excluding hydrogens is 448 g/mol. The summed E-state index contributed by atoms with van der Waals surface area (Å²) in [6.07, 6.45) is 0.909. The number of rotatable bonds is 7. The van der Waals surface area contributed by atoms with Gasteiger partial charge in [0.05, 0.1) is 13.7 Å². The van der Waals surface area contributed by atoms with Gasteiger partial charge in [-0.1, -0.05) is 36.4 Å². The number of methoxy groups -OCH3 is 1. The fourth-order valence-corrected chi connectivity index (χ4v) is 3.37. The highest BCUT2D eigenvalue weighted by molar-refractivity contribution is 5.90. The van der Waals surface area contributed by atoms with Crippen LogP contribution < -0.4 is 9.47 Å². The van der Waals surface area contributed by atoms with Crippen LogP contribution in [0.1, 0.15) is 31.9 Å². The van der Waals surface area contributed by atoms with Gasteiger partial charge < -0.3 is 18.9 Å². The van der Waals surface area contributed by atoms with E-state index in [1.807, 2.05) is 30.3 Å². The zero-order chi connectivity index (χ0) is 24.9. The lowest BCUT2D eigenvalue weighted by atomic mass is 10.1. The van der Waals surface area contributed by atoms with Gasteiger partial charge in [0, 0.05) is 0 Å². The van der Waals surface area contributed by atoms with E-state index in [9.17, 15) is 18.4 Å². The lowest BCUT2D eigenvalue weighted by molar-refractivity contribution is -0.144. The first-order chi connectivity index (χ1) is 16.1. The number of hydrogen-bond donors (Lipinski definition) is 0. The second kappa shape index (κ2) is 10.5. The number of ether oxygens (including phenoxy) is 4. The summed E-state index contributed by atoms with van der Waals surface area (Å²) in [5.74, 6) is -0.645. The summed E-state index contributed by atoms with van der Waals surface area (Å²) in [5, 5.41) is 0. The second-order valence-corrected chi connectivity index (χ2v) is 8.58. The molecule has 2 aromatic rings. The van der Waals surface area contributed by atoms with Crippen molar-refractivity contribution in [2.24, 2.45) is 0 Å². The number of carbonyl (C=O) groups excluding carboxylic acids is 2. The van der Waals surface area contributed by atoms with Crippen LogP contribution in [-0.2, 0) is 20.9 Å². The molecule has 0 fully saturated rings. The molecule has 1 aliphatic heterocycles. The van der Waals surface area contributed by atoms with Crippen molar-refractivity contribution in [3.8, 4) is 11.5 Å². The van der Waals surface area contributed by atoms with Crippen LogP contribution in [0.3, 0.4) is 0 Å². The topological polar surface area (TPSA) is 74.3 Å². The Morgan fingerprint density at radius 2 is 1.79 bits per heavy atom. The Hall–Kier alpha value is -3.62. The zero-order valence-corrected chi connectivity index (χ0v) is 19.4. The van der Waals surface area contributed by atoms with E-state index >= 15 is 0 Å². The van der Waals surface area contributed by atoms with Crippen LogP contribution in [0.15, 0.2) is 54.6 Å². The quantitative estimate of drug-likeness (QED) is 0.522. The minimum atomic E-state index is -3.03. The summed E-state index contributed by atoms with van der Waals surface area (Å²) in [7, 11) is 1.23. The molecule has 9 heteroatoms. The summed E-state index contributed by atoms with van der Waals surface area (Å²) in [6.45, 7) is 2.34. The number of nitrogens with zero attached hydrogens (tertiary/aromatic N) is 1. The summed E-state index contributed by atoms with van der Waals surface area (Å²) in [4.78, 5) is 26.3. The zero-order valence-electron chi connectivity index (χ0n) is 19.4. The second-order valence-electron chi connectivity index (χ2n) is 8.58. The van der Waals surface area contributed by atoms with Gasteiger partial charge >= 0.3 is 18.7 Å². The third kappa shape index (κ3) is 6.46. The van der Waals surface area contributed by atoms with E-state index in [0.29, 0.717) is 11.1 Å². The van der Waals surface area contributed by atoms with Gasteiger partial charge in [-0.3, -0.25) is 4.90 Å². The van der Waals surface area contributed by atoms with E-state index in [4.69, 9.17) is 14.2 Å². The Morgan fingerprint density at radius 3 is 2.41 bits per heavy atom. The highest BCUT2D eigenvalue weighted by Gasteiger charge is 2.37. The largest absolute Gasteiger partial charge is 0.485 e. The average Bonchev–Trinajstić information content (AvgIpc) is 3.23. The number of hydrogen-bond acceptors (Lipinski definition) is 6. The molecule has 0 spiro atoms. The van der Waals surface area contributed by atoms with Crippen molar-refractivity contribution >= 4 is 17.6 Å². The summed E-state index contributed by atoms with van der Waals surface area (Å²) >= 11 is 0. The molecule has 7 nitrogen and oxygen atoms in total. The maximum atomic E-state index is 12.9.